The third-order valence-electron chi connectivity index (χ3n) is 6.37. The van der Waals surface area contributed by atoms with Crippen LogP contribution in [0.25, 0.3) is 22.3 Å². The highest BCUT2D eigenvalue weighted by Crippen LogP contribution is 2.45. The van der Waals surface area contributed by atoms with Gasteiger partial charge in [-0.1, -0.05) is 30.7 Å². The molecule has 8 nitrogen and oxygen atoms in total. The van der Waals surface area contributed by atoms with Gasteiger partial charge in [-0.05, 0) is 42.2 Å². The Morgan fingerprint density at radius 1 is 0.824 bits per heavy atom. The van der Waals surface area contributed by atoms with Gasteiger partial charge in [0.15, 0.2) is 0 Å². The number of carbonyl (C=O) groups excluding carboxylic acids is 1. The van der Waals surface area contributed by atoms with E-state index in [0.717, 1.165) is 47.1 Å². The molecule has 1 saturated carbocycles. The summed E-state index contributed by atoms with van der Waals surface area (Å²) in [6.07, 6.45) is 9.48. The van der Waals surface area contributed by atoms with Crippen molar-refractivity contribution in [3.63, 3.8) is 0 Å². The Kier molecular flexibility index (Phi) is 5.63. The lowest BCUT2D eigenvalue weighted by molar-refractivity contribution is -0.124. The molecule has 5 rings (SSSR count). The Morgan fingerprint density at radius 2 is 1.44 bits per heavy atom. The van der Waals surface area contributed by atoms with Crippen molar-refractivity contribution in [2.45, 2.75) is 24.7 Å². The maximum Gasteiger partial charge on any atom is 0.236 e. The molecule has 4 aromatic rings. The van der Waals surface area contributed by atoms with E-state index >= 15 is 0 Å². The highest BCUT2D eigenvalue weighted by molar-refractivity contribution is 5.99. The van der Waals surface area contributed by atoms with Crippen LogP contribution >= 0.6 is 0 Å². The van der Waals surface area contributed by atoms with Crippen molar-refractivity contribution < 1.29 is 9.53 Å². The maximum atomic E-state index is 13.3. The van der Waals surface area contributed by atoms with Crippen molar-refractivity contribution in [1.82, 2.24) is 19.9 Å². The molecule has 3 N–H and O–H groups in total. The number of aromatic nitrogens is 4. The van der Waals surface area contributed by atoms with Crippen molar-refractivity contribution in [2.75, 3.05) is 18.2 Å². The second-order valence-electron chi connectivity index (χ2n) is 8.32. The van der Waals surface area contributed by atoms with E-state index < -0.39 is 5.41 Å². The predicted octanol–water partition coefficient (Wildman–Crippen LogP) is 4.25. The second-order valence-corrected chi connectivity index (χ2v) is 8.32. The Bertz CT molecular complexity index is 1280. The number of benzene rings is 1. The first-order valence-corrected chi connectivity index (χ1v) is 11.0. The first kappa shape index (κ1) is 21.5. The summed E-state index contributed by atoms with van der Waals surface area (Å²) in [5, 5.41) is 3.01. The van der Waals surface area contributed by atoms with Gasteiger partial charge in [-0.2, -0.15) is 0 Å². The van der Waals surface area contributed by atoms with Crippen LogP contribution in [0.15, 0.2) is 73.3 Å². The summed E-state index contributed by atoms with van der Waals surface area (Å²) in [5.74, 6) is 1.29. The van der Waals surface area contributed by atoms with Gasteiger partial charge in [0.1, 0.15) is 5.82 Å². The van der Waals surface area contributed by atoms with Gasteiger partial charge in [-0.15, -0.1) is 0 Å². The molecule has 1 fully saturated rings. The molecule has 0 spiro atoms. The molecule has 8 heteroatoms. The van der Waals surface area contributed by atoms with Crippen molar-refractivity contribution in [1.29, 1.82) is 0 Å². The molecule has 170 valence electrons. The molecule has 34 heavy (non-hydrogen) atoms. The number of pyridine rings is 2. The number of nitrogens with zero attached hydrogens (tertiary/aromatic N) is 4. The third kappa shape index (κ3) is 4.05. The Balaban J connectivity index is 1.31. The van der Waals surface area contributed by atoms with E-state index in [2.05, 4.69) is 25.3 Å². The lowest BCUT2D eigenvalue weighted by Crippen LogP contribution is -2.46. The Hall–Kier alpha value is -4.33. The number of nitrogens with two attached hydrogens (primary N) is 1. The minimum atomic E-state index is -0.545. The van der Waals surface area contributed by atoms with Gasteiger partial charge in [0.25, 0.3) is 0 Å². The smallest absolute Gasteiger partial charge is 0.236 e. The van der Waals surface area contributed by atoms with Crippen LogP contribution in [0, 0.1) is 0 Å². The van der Waals surface area contributed by atoms with Crippen LogP contribution in [0.5, 0.6) is 5.88 Å². The van der Waals surface area contributed by atoms with E-state index in [9.17, 15) is 4.79 Å². The Labute approximate surface area is 197 Å². The molecule has 1 aromatic carbocycles. The number of hydrogen-bond acceptors (Lipinski definition) is 7. The fourth-order valence-corrected chi connectivity index (χ4v) is 4.19. The normalized spacial score (nSPS) is 14.1. The van der Waals surface area contributed by atoms with Crippen LogP contribution in [0.1, 0.15) is 24.8 Å². The van der Waals surface area contributed by atoms with Crippen molar-refractivity contribution in [2.24, 2.45) is 0 Å². The summed E-state index contributed by atoms with van der Waals surface area (Å²) in [7, 11) is 1.58. The monoisotopic (exact) mass is 452 g/mol. The number of methoxy groups -OCH3 is 1. The molecule has 0 unspecified atom stereocenters. The highest BCUT2D eigenvalue weighted by Gasteiger charge is 2.45. The maximum absolute atomic E-state index is 13.3. The van der Waals surface area contributed by atoms with Crippen LogP contribution in [0.2, 0.25) is 0 Å². The molecule has 0 atom stereocenters. The van der Waals surface area contributed by atoms with E-state index in [0.29, 0.717) is 11.7 Å². The van der Waals surface area contributed by atoms with Gasteiger partial charge in [0, 0.05) is 47.5 Å². The molecule has 0 bridgehead atoms. The molecule has 3 heterocycles. The van der Waals surface area contributed by atoms with Crippen molar-refractivity contribution in [3.05, 3.63) is 78.9 Å². The van der Waals surface area contributed by atoms with Crippen molar-refractivity contribution in [3.8, 4) is 28.1 Å². The molecular weight excluding hydrogens is 428 g/mol. The molecule has 0 saturated heterocycles. The number of nitrogens with one attached hydrogen (secondary N) is 1. The number of amides is 1. The lowest BCUT2D eigenvalue weighted by Gasteiger charge is -2.40. The summed E-state index contributed by atoms with van der Waals surface area (Å²) in [6.45, 7) is 0. The largest absolute Gasteiger partial charge is 0.481 e. The minimum Gasteiger partial charge on any atom is -0.481 e. The zero-order chi connectivity index (χ0) is 23.5. The fourth-order valence-electron chi connectivity index (χ4n) is 4.19. The van der Waals surface area contributed by atoms with Crippen LogP contribution in [-0.4, -0.2) is 33.0 Å². The fraction of sp³-hybridized carbons (Fsp3) is 0.192. The quantitative estimate of drug-likeness (QED) is 0.449. The van der Waals surface area contributed by atoms with E-state index in [1.165, 1.54) is 0 Å². The van der Waals surface area contributed by atoms with Gasteiger partial charge >= 0.3 is 0 Å². The number of carbonyl (C=O) groups is 1. The van der Waals surface area contributed by atoms with Gasteiger partial charge in [0.05, 0.1) is 12.5 Å². The lowest BCUT2D eigenvalue weighted by atomic mass is 9.63. The first-order valence-electron chi connectivity index (χ1n) is 11.0. The third-order valence-corrected chi connectivity index (χ3v) is 6.37. The number of nitrogen functional groups attached to an aromatic ring is 1. The molecule has 1 aliphatic rings. The summed E-state index contributed by atoms with van der Waals surface area (Å²) in [6, 6.07) is 15.5. The minimum absolute atomic E-state index is 0.0336. The molecule has 1 aliphatic carbocycles. The number of ether oxygens (including phenoxy) is 1. The van der Waals surface area contributed by atoms with E-state index in [4.69, 9.17) is 10.5 Å². The average molecular weight is 453 g/mol. The van der Waals surface area contributed by atoms with Gasteiger partial charge in [-0.3, -0.25) is 4.79 Å². The summed E-state index contributed by atoms with van der Waals surface area (Å²) >= 11 is 0. The SMILES string of the molecule is COc1ccc(-c2ccc(NC(=O)C3(c4ccc(-c5cnc(N)nc5)cc4)CCC3)nc2)cn1. The van der Waals surface area contributed by atoms with Gasteiger partial charge in [0.2, 0.25) is 17.7 Å². The number of anilines is 2. The zero-order valence-corrected chi connectivity index (χ0v) is 18.7. The molecular formula is C26H24N6O2. The standard InChI is InChI=1S/C26H24N6O2/c1-34-23-10-6-19(14-29-23)18-5-9-22(28-13-18)32-24(33)26(11-2-12-26)21-7-3-17(4-8-21)20-15-30-25(27)31-16-20/h3-10,13-16H,2,11-12H2,1H3,(H2,27,30,31)(H,28,32,33). The molecule has 1 amide bonds. The summed E-state index contributed by atoms with van der Waals surface area (Å²) in [4.78, 5) is 30.1. The average Bonchev–Trinajstić information content (AvgIpc) is 2.85. The predicted molar refractivity (Wildman–Crippen MR) is 130 cm³/mol. The van der Waals surface area contributed by atoms with Crippen LogP contribution in [0.3, 0.4) is 0 Å². The number of hydrogen-bond donors (Lipinski definition) is 2. The van der Waals surface area contributed by atoms with E-state index in [1.54, 1.807) is 38.0 Å². The van der Waals surface area contributed by atoms with Gasteiger partial charge in [-0.25, -0.2) is 19.9 Å². The molecule has 3 aromatic heterocycles. The van der Waals surface area contributed by atoms with E-state index in [1.807, 2.05) is 42.5 Å². The highest BCUT2D eigenvalue weighted by atomic mass is 16.5. The summed E-state index contributed by atoms with van der Waals surface area (Å²) in [5.41, 5.74) is 9.72. The molecule has 0 aliphatic heterocycles. The molecule has 0 radical (unpaired) electrons. The first-order chi connectivity index (χ1) is 16.6. The topological polar surface area (TPSA) is 116 Å². The number of rotatable bonds is 6. The van der Waals surface area contributed by atoms with E-state index in [-0.39, 0.29) is 11.9 Å². The zero-order valence-electron chi connectivity index (χ0n) is 18.7. The Morgan fingerprint density at radius 3 is 1.97 bits per heavy atom. The van der Waals surface area contributed by atoms with Crippen LogP contribution < -0.4 is 15.8 Å². The van der Waals surface area contributed by atoms with Crippen LogP contribution in [0.4, 0.5) is 11.8 Å². The second kappa shape index (κ2) is 8.90. The van der Waals surface area contributed by atoms with Crippen LogP contribution in [-0.2, 0) is 10.2 Å². The van der Waals surface area contributed by atoms with Crippen molar-refractivity contribution >= 4 is 17.7 Å². The van der Waals surface area contributed by atoms with Gasteiger partial charge < -0.3 is 15.8 Å². The summed E-state index contributed by atoms with van der Waals surface area (Å²) < 4.78 is 5.10.